The average molecular weight is 310 g/mol. The van der Waals surface area contributed by atoms with Crippen molar-refractivity contribution in [3.8, 4) is 5.75 Å². The number of aromatic hydroxyl groups is 1. The van der Waals surface area contributed by atoms with Gasteiger partial charge in [-0.3, -0.25) is 0 Å². The fourth-order valence-electron chi connectivity index (χ4n) is 2.38. The topological polar surface area (TPSA) is 80.9 Å². The van der Waals surface area contributed by atoms with Crippen molar-refractivity contribution in [3.63, 3.8) is 0 Å². The third-order valence-corrected chi connectivity index (χ3v) is 3.92. The lowest BCUT2D eigenvalue weighted by molar-refractivity contribution is 0.00286. The van der Waals surface area contributed by atoms with E-state index in [1.807, 2.05) is 26.8 Å². The van der Waals surface area contributed by atoms with Gasteiger partial charge in [-0.2, -0.15) is 0 Å². The molecule has 0 amide bonds. The first kappa shape index (κ1) is 18.9. The predicted molar refractivity (Wildman–Crippen MR) is 88.2 cm³/mol. The summed E-state index contributed by atoms with van der Waals surface area (Å²) in [4.78, 5) is 0. The molecule has 1 aromatic carbocycles. The molecular weight excluding hydrogens is 280 g/mol. The van der Waals surface area contributed by atoms with Crippen LogP contribution >= 0.6 is 0 Å². The zero-order chi connectivity index (χ0) is 17.3. The summed E-state index contributed by atoms with van der Waals surface area (Å²) in [7, 11) is 0. The zero-order valence-electron chi connectivity index (χ0n) is 14.5. The van der Waals surface area contributed by atoms with Crippen LogP contribution in [0.2, 0.25) is 0 Å². The molecule has 0 spiro atoms. The summed E-state index contributed by atoms with van der Waals surface area (Å²) in [6, 6.07) is 3.71. The van der Waals surface area contributed by atoms with Crippen LogP contribution in [0.1, 0.15) is 70.8 Å². The fraction of sp³-hybridized carbons (Fsp3) is 0.667. The first-order valence-electron chi connectivity index (χ1n) is 7.74. The van der Waals surface area contributed by atoms with Crippen molar-refractivity contribution < 1.29 is 20.4 Å². The Morgan fingerprint density at radius 2 is 1.50 bits per heavy atom. The smallest absolute Gasteiger partial charge is 0.125 e. The van der Waals surface area contributed by atoms with Crippen LogP contribution in [0.4, 0.5) is 0 Å². The van der Waals surface area contributed by atoms with E-state index in [-0.39, 0.29) is 29.6 Å². The van der Waals surface area contributed by atoms with E-state index in [4.69, 9.17) is 5.11 Å². The highest BCUT2D eigenvalue weighted by Gasteiger charge is 2.29. The third kappa shape index (κ3) is 4.22. The van der Waals surface area contributed by atoms with E-state index in [1.165, 1.54) is 0 Å². The fourth-order valence-corrected chi connectivity index (χ4v) is 2.38. The molecule has 1 aromatic rings. The van der Waals surface area contributed by atoms with Crippen LogP contribution in [0.5, 0.6) is 5.75 Å². The van der Waals surface area contributed by atoms with E-state index >= 15 is 0 Å². The molecule has 2 unspecified atom stereocenters. The minimum Gasteiger partial charge on any atom is -0.507 e. The lowest BCUT2D eigenvalue weighted by Gasteiger charge is -2.29. The summed E-state index contributed by atoms with van der Waals surface area (Å²) in [6.45, 7) is 12.0. The molecule has 0 heterocycles. The first-order valence-corrected chi connectivity index (χ1v) is 7.74. The molecule has 0 saturated heterocycles. The minimum absolute atomic E-state index is 0.0185. The van der Waals surface area contributed by atoms with Gasteiger partial charge in [0.15, 0.2) is 0 Å². The number of phenolic OH excluding ortho intramolecular Hbond substituents is 1. The first-order chi connectivity index (χ1) is 9.89. The van der Waals surface area contributed by atoms with Gasteiger partial charge >= 0.3 is 0 Å². The van der Waals surface area contributed by atoms with Gasteiger partial charge in [-0.05, 0) is 34.4 Å². The molecule has 2 atom stereocenters. The molecule has 0 aliphatic rings. The number of aliphatic hydroxyl groups excluding tert-OH is 3. The van der Waals surface area contributed by atoms with Gasteiger partial charge in [0, 0.05) is 12.2 Å². The summed E-state index contributed by atoms with van der Waals surface area (Å²) in [5.74, 6) is 0.0185. The molecule has 0 saturated carbocycles. The van der Waals surface area contributed by atoms with Gasteiger partial charge in [0.25, 0.3) is 0 Å². The molecule has 0 fully saturated rings. The summed E-state index contributed by atoms with van der Waals surface area (Å²) in [6.07, 6.45) is -2.28. The number of phenols is 1. The van der Waals surface area contributed by atoms with Crippen LogP contribution in [0.3, 0.4) is 0 Å². The van der Waals surface area contributed by atoms with Gasteiger partial charge in [-0.15, -0.1) is 0 Å². The Morgan fingerprint density at radius 3 is 1.91 bits per heavy atom. The van der Waals surface area contributed by atoms with Crippen LogP contribution in [-0.2, 0) is 10.8 Å². The summed E-state index contributed by atoms with van der Waals surface area (Å²) in [5, 5.41) is 39.8. The van der Waals surface area contributed by atoms with Crippen LogP contribution in [0.15, 0.2) is 12.1 Å². The lowest BCUT2D eigenvalue weighted by Crippen LogP contribution is -2.23. The molecule has 4 nitrogen and oxygen atoms in total. The molecule has 126 valence electrons. The summed E-state index contributed by atoms with van der Waals surface area (Å²) in [5.41, 5.74) is 1.61. The predicted octanol–water partition coefficient (Wildman–Crippen LogP) is 2.76. The van der Waals surface area contributed by atoms with Crippen LogP contribution < -0.4 is 0 Å². The highest BCUT2D eigenvalue weighted by atomic mass is 16.3. The second-order valence-corrected chi connectivity index (χ2v) is 7.99. The standard InChI is InChI=1S/C18H30O4/c1-17(2,3)11-9-12(16(22)14(20)7-8-19)15(21)13(10-11)18(4,5)6/h9-10,14,16,19-22H,7-8H2,1-6H3. The van der Waals surface area contributed by atoms with E-state index in [0.29, 0.717) is 5.56 Å². The van der Waals surface area contributed by atoms with Crippen molar-refractivity contribution in [2.75, 3.05) is 6.61 Å². The zero-order valence-corrected chi connectivity index (χ0v) is 14.5. The van der Waals surface area contributed by atoms with Crippen LogP contribution in [-0.4, -0.2) is 33.1 Å². The van der Waals surface area contributed by atoms with Crippen molar-refractivity contribution in [1.82, 2.24) is 0 Å². The van der Waals surface area contributed by atoms with Crippen LogP contribution in [0.25, 0.3) is 0 Å². The summed E-state index contributed by atoms with van der Waals surface area (Å²) >= 11 is 0. The maximum atomic E-state index is 10.6. The lowest BCUT2D eigenvalue weighted by atomic mass is 9.78. The van der Waals surface area contributed by atoms with Crippen molar-refractivity contribution in [2.24, 2.45) is 0 Å². The molecule has 4 N–H and O–H groups in total. The van der Waals surface area contributed by atoms with E-state index in [9.17, 15) is 15.3 Å². The van der Waals surface area contributed by atoms with Gasteiger partial charge in [0.2, 0.25) is 0 Å². The minimum atomic E-state index is -1.23. The molecule has 0 aromatic heterocycles. The molecule has 22 heavy (non-hydrogen) atoms. The molecule has 0 radical (unpaired) electrons. The Labute approximate surface area is 133 Å². The van der Waals surface area contributed by atoms with E-state index < -0.39 is 12.2 Å². The van der Waals surface area contributed by atoms with Gasteiger partial charge in [-0.1, -0.05) is 47.6 Å². The molecule has 0 aliphatic heterocycles. The normalized spacial score (nSPS) is 15.7. The Bertz CT molecular complexity index is 509. The Hall–Kier alpha value is -1.10. The Kier molecular flexibility index (Phi) is 5.66. The van der Waals surface area contributed by atoms with Crippen LogP contribution in [0, 0.1) is 0 Å². The van der Waals surface area contributed by atoms with Crippen molar-refractivity contribution >= 4 is 0 Å². The van der Waals surface area contributed by atoms with E-state index in [0.717, 1.165) is 11.1 Å². The van der Waals surface area contributed by atoms with Gasteiger partial charge in [0.1, 0.15) is 11.9 Å². The van der Waals surface area contributed by atoms with Gasteiger partial charge in [-0.25, -0.2) is 0 Å². The second kappa shape index (κ2) is 6.57. The largest absolute Gasteiger partial charge is 0.507 e. The molecule has 4 heteroatoms. The van der Waals surface area contributed by atoms with Crippen molar-refractivity contribution in [2.45, 2.75) is 71.0 Å². The maximum absolute atomic E-state index is 10.6. The monoisotopic (exact) mass is 310 g/mol. The number of benzene rings is 1. The molecule has 0 bridgehead atoms. The van der Waals surface area contributed by atoms with Crippen molar-refractivity contribution in [1.29, 1.82) is 0 Å². The highest BCUT2D eigenvalue weighted by Crippen LogP contribution is 2.40. The van der Waals surface area contributed by atoms with E-state index in [2.05, 4.69) is 20.8 Å². The Morgan fingerprint density at radius 1 is 0.955 bits per heavy atom. The number of rotatable bonds is 4. The average Bonchev–Trinajstić information content (AvgIpc) is 2.35. The Balaban J connectivity index is 3.50. The van der Waals surface area contributed by atoms with E-state index in [1.54, 1.807) is 6.07 Å². The van der Waals surface area contributed by atoms with Crippen molar-refractivity contribution in [3.05, 3.63) is 28.8 Å². The maximum Gasteiger partial charge on any atom is 0.125 e. The highest BCUT2D eigenvalue weighted by molar-refractivity contribution is 5.49. The summed E-state index contributed by atoms with van der Waals surface area (Å²) < 4.78 is 0. The molecule has 0 aliphatic carbocycles. The third-order valence-electron chi connectivity index (χ3n) is 3.92. The molecular formula is C18H30O4. The second-order valence-electron chi connectivity index (χ2n) is 7.99. The quantitative estimate of drug-likeness (QED) is 0.689. The van der Waals surface area contributed by atoms with Gasteiger partial charge < -0.3 is 20.4 Å². The SMILES string of the molecule is CC(C)(C)c1cc(C(O)C(O)CCO)c(O)c(C(C)(C)C)c1. The number of aliphatic hydroxyl groups is 3. The number of hydrogen-bond acceptors (Lipinski definition) is 4. The molecule has 1 rings (SSSR count). The van der Waals surface area contributed by atoms with Gasteiger partial charge in [0.05, 0.1) is 6.10 Å². The number of hydrogen-bond donors (Lipinski definition) is 4.